The SMILES string of the molecule is O=C(c1ccc(N=S(=O)(F)N2Cc3cncnc3C2)cc1Cl)N1CCO[C@@H](c2ccccc2)C1. The van der Waals surface area contributed by atoms with Crippen LogP contribution in [-0.2, 0) is 28.1 Å². The highest BCUT2D eigenvalue weighted by molar-refractivity contribution is 7.86. The predicted octanol–water partition coefficient (Wildman–Crippen LogP) is 4.26. The Labute approximate surface area is 202 Å². The molecule has 0 aliphatic carbocycles. The highest BCUT2D eigenvalue weighted by Crippen LogP contribution is 2.31. The van der Waals surface area contributed by atoms with Crippen LogP contribution < -0.4 is 0 Å². The second-order valence-electron chi connectivity index (χ2n) is 8.00. The maximum atomic E-state index is 15.0. The number of halogens is 2. The molecule has 176 valence electrons. The first-order valence-electron chi connectivity index (χ1n) is 10.7. The molecular formula is C23H21ClFN5O3S. The largest absolute Gasteiger partial charge is 0.370 e. The molecule has 2 atom stereocenters. The van der Waals surface area contributed by atoms with E-state index in [1.165, 1.54) is 24.5 Å². The maximum absolute atomic E-state index is 15.0. The van der Waals surface area contributed by atoms with Crippen molar-refractivity contribution in [2.24, 2.45) is 4.36 Å². The third-order valence-corrected chi connectivity index (χ3v) is 7.44. The van der Waals surface area contributed by atoms with Gasteiger partial charge in [-0.15, -0.1) is 3.89 Å². The van der Waals surface area contributed by atoms with Crippen molar-refractivity contribution in [3.63, 3.8) is 0 Å². The Morgan fingerprint density at radius 3 is 2.79 bits per heavy atom. The molecule has 1 fully saturated rings. The van der Waals surface area contributed by atoms with E-state index in [9.17, 15) is 9.00 Å². The Balaban J connectivity index is 1.33. The van der Waals surface area contributed by atoms with Crippen molar-refractivity contribution in [1.82, 2.24) is 19.2 Å². The van der Waals surface area contributed by atoms with Crippen LogP contribution in [0.4, 0.5) is 9.57 Å². The molecule has 2 aliphatic rings. The van der Waals surface area contributed by atoms with E-state index in [2.05, 4.69) is 14.3 Å². The summed E-state index contributed by atoms with van der Waals surface area (Å²) in [6.45, 7) is 1.39. The number of nitrogens with zero attached hydrogens (tertiary/aromatic N) is 5. The van der Waals surface area contributed by atoms with Gasteiger partial charge in [0.05, 0.1) is 41.7 Å². The van der Waals surface area contributed by atoms with Gasteiger partial charge in [-0.25, -0.2) is 9.97 Å². The van der Waals surface area contributed by atoms with Gasteiger partial charge in [-0.3, -0.25) is 4.79 Å². The summed E-state index contributed by atoms with van der Waals surface area (Å²) in [5.41, 5.74) is 2.67. The summed E-state index contributed by atoms with van der Waals surface area (Å²) < 4.78 is 38.5. The molecule has 3 aromatic rings. The van der Waals surface area contributed by atoms with E-state index in [1.54, 1.807) is 11.1 Å². The normalized spacial score (nSPS) is 19.9. The summed E-state index contributed by atoms with van der Waals surface area (Å²) in [6.07, 6.45) is 2.71. The Hall–Kier alpha value is -2.92. The molecule has 0 N–H and O–H groups in total. The molecule has 34 heavy (non-hydrogen) atoms. The number of morpholine rings is 1. The first kappa shape index (κ1) is 22.9. The maximum Gasteiger partial charge on any atom is 0.276 e. The van der Waals surface area contributed by atoms with Crippen LogP contribution in [0.2, 0.25) is 5.02 Å². The minimum absolute atomic E-state index is 0.0700. The second kappa shape index (κ2) is 9.38. The average molecular weight is 502 g/mol. The minimum Gasteiger partial charge on any atom is -0.370 e. The topological polar surface area (TPSA) is 88.0 Å². The van der Waals surface area contributed by atoms with E-state index in [4.69, 9.17) is 16.3 Å². The van der Waals surface area contributed by atoms with E-state index < -0.39 is 10.3 Å². The summed E-state index contributed by atoms with van der Waals surface area (Å²) in [5.74, 6) is -0.254. The lowest BCUT2D eigenvalue weighted by atomic mass is 10.1. The molecule has 0 spiro atoms. The number of hydrogen-bond acceptors (Lipinski definition) is 6. The Kier molecular flexibility index (Phi) is 6.30. The zero-order valence-corrected chi connectivity index (χ0v) is 19.6. The lowest BCUT2D eigenvalue weighted by Gasteiger charge is -2.33. The second-order valence-corrected chi connectivity index (χ2v) is 9.97. The molecule has 11 heteroatoms. The van der Waals surface area contributed by atoms with Gasteiger partial charge in [0.1, 0.15) is 12.4 Å². The molecule has 0 bridgehead atoms. The summed E-state index contributed by atoms with van der Waals surface area (Å²) in [6, 6.07) is 14.0. The highest BCUT2D eigenvalue weighted by Gasteiger charge is 2.30. The Morgan fingerprint density at radius 1 is 1.21 bits per heavy atom. The van der Waals surface area contributed by atoms with Gasteiger partial charge in [0, 0.05) is 24.8 Å². The van der Waals surface area contributed by atoms with Crippen LogP contribution >= 0.6 is 11.6 Å². The highest BCUT2D eigenvalue weighted by atomic mass is 35.5. The molecule has 1 aromatic heterocycles. The molecule has 0 radical (unpaired) electrons. The van der Waals surface area contributed by atoms with Crippen LogP contribution in [-0.4, -0.2) is 49.0 Å². The number of aromatic nitrogens is 2. The van der Waals surface area contributed by atoms with E-state index in [1.807, 2.05) is 30.3 Å². The molecule has 1 amide bonds. The summed E-state index contributed by atoms with van der Waals surface area (Å²) in [4.78, 5) is 22.8. The molecule has 2 aliphatic heterocycles. The number of carbonyl (C=O) groups is 1. The van der Waals surface area contributed by atoms with Crippen LogP contribution in [0.25, 0.3) is 0 Å². The van der Waals surface area contributed by atoms with Gasteiger partial charge in [-0.05, 0) is 23.8 Å². The molecule has 2 aromatic carbocycles. The summed E-state index contributed by atoms with van der Waals surface area (Å²) >= 11 is 6.37. The summed E-state index contributed by atoms with van der Waals surface area (Å²) in [5, 5.41) is 0.111. The van der Waals surface area contributed by atoms with Gasteiger partial charge >= 0.3 is 0 Å². The number of rotatable bonds is 4. The predicted molar refractivity (Wildman–Crippen MR) is 125 cm³/mol. The van der Waals surface area contributed by atoms with Crippen LogP contribution in [0.15, 0.2) is 65.4 Å². The van der Waals surface area contributed by atoms with Crippen molar-refractivity contribution in [3.8, 4) is 0 Å². The van der Waals surface area contributed by atoms with Gasteiger partial charge in [-0.2, -0.15) is 12.9 Å². The fraction of sp³-hybridized carbons (Fsp3) is 0.261. The average Bonchev–Trinajstić information content (AvgIpc) is 3.30. The fourth-order valence-corrected chi connectivity index (χ4v) is 5.35. The third kappa shape index (κ3) is 4.67. The molecule has 0 saturated carbocycles. The molecule has 8 nitrogen and oxygen atoms in total. The number of benzene rings is 2. The van der Waals surface area contributed by atoms with Crippen molar-refractivity contribution in [3.05, 3.63) is 88.5 Å². The number of hydrogen-bond donors (Lipinski definition) is 0. The Bertz CT molecular complexity index is 1320. The first-order valence-corrected chi connectivity index (χ1v) is 12.4. The van der Waals surface area contributed by atoms with E-state index in [0.717, 1.165) is 9.87 Å². The first-order chi connectivity index (χ1) is 16.4. The standard InChI is InChI=1S/C23H21ClFN5O3S/c24-20-10-18(28-34(25,32)30-12-17-11-26-15-27-21(17)13-30)6-7-19(20)23(31)29-8-9-33-22(14-29)16-4-2-1-3-5-16/h1-7,10-11,15,22H,8-9,12-14H2/t22-,34?/m1/s1. The van der Waals surface area contributed by atoms with Gasteiger partial charge in [0.25, 0.3) is 16.2 Å². The monoisotopic (exact) mass is 501 g/mol. The fourth-order valence-electron chi connectivity index (χ4n) is 4.03. The van der Waals surface area contributed by atoms with Crippen LogP contribution in [0.1, 0.15) is 33.3 Å². The van der Waals surface area contributed by atoms with Gasteiger partial charge in [-0.1, -0.05) is 41.9 Å². The van der Waals surface area contributed by atoms with E-state index >= 15 is 3.89 Å². The quantitative estimate of drug-likeness (QED) is 0.498. The van der Waals surface area contributed by atoms with Gasteiger partial charge in [0.2, 0.25) is 0 Å². The minimum atomic E-state index is -4.22. The molecule has 1 unspecified atom stereocenters. The lowest BCUT2D eigenvalue weighted by Crippen LogP contribution is -2.42. The van der Waals surface area contributed by atoms with E-state index in [-0.39, 0.29) is 41.4 Å². The van der Waals surface area contributed by atoms with Crippen LogP contribution in [0.3, 0.4) is 0 Å². The van der Waals surface area contributed by atoms with Gasteiger partial charge in [0.15, 0.2) is 0 Å². The number of fused-ring (bicyclic) bond motifs is 1. The molecule has 3 heterocycles. The molecule has 1 saturated heterocycles. The molecular weight excluding hydrogens is 481 g/mol. The summed E-state index contributed by atoms with van der Waals surface area (Å²) in [7, 11) is -4.22. The number of amides is 1. The van der Waals surface area contributed by atoms with E-state index in [0.29, 0.717) is 31.0 Å². The smallest absolute Gasteiger partial charge is 0.276 e. The number of carbonyl (C=O) groups excluding carboxylic acids is 1. The number of ether oxygens (including phenoxy) is 1. The Morgan fingerprint density at radius 2 is 2.03 bits per heavy atom. The van der Waals surface area contributed by atoms with Crippen LogP contribution in [0, 0.1) is 0 Å². The van der Waals surface area contributed by atoms with Crippen molar-refractivity contribution in [1.29, 1.82) is 0 Å². The third-order valence-electron chi connectivity index (χ3n) is 5.80. The van der Waals surface area contributed by atoms with Crippen molar-refractivity contribution in [2.45, 2.75) is 19.2 Å². The molecule has 5 rings (SSSR count). The zero-order chi connectivity index (χ0) is 23.7. The van der Waals surface area contributed by atoms with Crippen molar-refractivity contribution < 1.29 is 17.6 Å². The van der Waals surface area contributed by atoms with Crippen molar-refractivity contribution in [2.75, 3.05) is 19.7 Å². The van der Waals surface area contributed by atoms with Gasteiger partial charge < -0.3 is 9.64 Å². The lowest BCUT2D eigenvalue weighted by molar-refractivity contribution is -0.0228. The zero-order valence-electron chi connectivity index (χ0n) is 18.0. The van der Waals surface area contributed by atoms with Crippen LogP contribution in [0.5, 0.6) is 0 Å². The van der Waals surface area contributed by atoms with Crippen molar-refractivity contribution >= 4 is 33.5 Å².